The van der Waals surface area contributed by atoms with Crippen LogP contribution in [0, 0.1) is 13.8 Å². The van der Waals surface area contributed by atoms with E-state index in [0.717, 1.165) is 16.9 Å². The van der Waals surface area contributed by atoms with Crippen molar-refractivity contribution in [2.75, 3.05) is 20.3 Å². The first kappa shape index (κ1) is 17.1. The predicted molar refractivity (Wildman–Crippen MR) is 95.8 cm³/mol. The molecule has 122 valence electrons. The molecule has 0 bridgehead atoms. The van der Waals surface area contributed by atoms with Gasteiger partial charge in [-0.2, -0.15) is 0 Å². The zero-order chi connectivity index (χ0) is 16.8. The van der Waals surface area contributed by atoms with E-state index in [-0.39, 0.29) is 0 Å². The minimum Gasteiger partial charge on any atom is -0.493 e. The maximum Gasteiger partial charge on any atom is 0.162 e. The summed E-state index contributed by atoms with van der Waals surface area (Å²) in [6.45, 7) is 4.91. The first-order valence-corrected chi connectivity index (χ1v) is 7.73. The summed E-state index contributed by atoms with van der Waals surface area (Å²) < 4.78 is 16.8. The van der Waals surface area contributed by atoms with Crippen LogP contribution in [0.3, 0.4) is 0 Å². The molecule has 0 unspecified atom stereocenters. The summed E-state index contributed by atoms with van der Waals surface area (Å²) in [5.74, 6) is 2.10. The molecule has 0 saturated heterocycles. The Morgan fingerprint density at radius 3 is 2.22 bits per heavy atom. The summed E-state index contributed by atoms with van der Waals surface area (Å²) in [5.41, 5.74) is 8.71. The molecule has 4 nitrogen and oxygen atoms in total. The monoisotopic (exact) mass is 331 g/mol. The quantitative estimate of drug-likeness (QED) is 0.622. The Morgan fingerprint density at radius 2 is 1.61 bits per heavy atom. The molecule has 2 N–H and O–H groups in total. The van der Waals surface area contributed by atoms with E-state index < -0.39 is 0 Å². The normalized spacial score (nSPS) is 10.2. The van der Waals surface area contributed by atoms with Gasteiger partial charge in [-0.1, -0.05) is 29.9 Å². The van der Waals surface area contributed by atoms with Gasteiger partial charge in [0.1, 0.15) is 24.0 Å². The maximum absolute atomic E-state index is 5.75. The minimum absolute atomic E-state index is 0.323. The highest BCUT2D eigenvalue weighted by molar-refractivity contribution is 7.80. The molecule has 0 heterocycles. The van der Waals surface area contributed by atoms with Gasteiger partial charge in [-0.25, -0.2) is 0 Å². The van der Waals surface area contributed by atoms with Gasteiger partial charge in [-0.15, -0.1) is 0 Å². The molecular weight excluding hydrogens is 310 g/mol. The number of methoxy groups -OCH3 is 1. The third-order valence-corrected chi connectivity index (χ3v) is 3.61. The summed E-state index contributed by atoms with van der Waals surface area (Å²) in [4.78, 5) is 0.323. The molecule has 2 aromatic carbocycles. The van der Waals surface area contributed by atoms with E-state index >= 15 is 0 Å². The molecule has 0 aliphatic heterocycles. The lowest BCUT2D eigenvalue weighted by molar-refractivity contribution is 0.210. The van der Waals surface area contributed by atoms with Crippen LogP contribution in [0.25, 0.3) is 0 Å². The third-order valence-electron chi connectivity index (χ3n) is 3.38. The van der Waals surface area contributed by atoms with E-state index in [1.54, 1.807) is 25.3 Å². The maximum atomic E-state index is 5.75. The summed E-state index contributed by atoms with van der Waals surface area (Å²) in [7, 11) is 1.59. The zero-order valence-electron chi connectivity index (χ0n) is 13.6. The van der Waals surface area contributed by atoms with Gasteiger partial charge in [-0.05, 0) is 43.7 Å². The van der Waals surface area contributed by atoms with Crippen LogP contribution in [0.15, 0.2) is 36.4 Å². The predicted octanol–water partition coefficient (Wildman–Crippen LogP) is 3.40. The number of benzene rings is 2. The molecule has 2 aromatic rings. The lowest BCUT2D eigenvalue weighted by Crippen LogP contribution is -2.12. The van der Waals surface area contributed by atoms with Crippen LogP contribution in [0.4, 0.5) is 0 Å². The second-order valence-electron chi connectivity index (χ2n) is 5.20. The molecule has 0 aromatic heterocycles. The van der Waals surface area contributed by atoms with E-state index in [1.807, 2.05) is 19.1 Å². The van der Waals surface area contributed by atoms with Crippen LogP contribution in [0.5, 0.6) is 17.2 Å². The number of thiocarbonyl (C=S) groups is 1. The van der Waals surface area contributed by atoms with Crippen LogP contribution in [-0.4, -0.2) is 25.3 Å². The van der Waals surface area contributed by atoms with E-state index in [1.165, 1.54) is 5.56 Å². The van der Waals surface area contributed by atoms with E-state index in [4.69, 9.17) is 32.2 Å². The van der Waals surface area contributed by atoms with Gasteiger partial charge >= 0.3 is 0 Å². The number of ether oxygens (including phenoxy) is 3. The fourth-order valence-electron chi connectivity index (χ4n) is 2.21. The van der Waals surface area contributed by atoms with Gasteiger partial charge in [0.2, 0.25) is 0 Å². The Morgan fingerprint density at radius 1 is 0.957 bits per heavy atom. The minimum atomic E-state index is 0.323. The molecule has 5 heteroatoms. The van der Waals surface area contributed by atoms with Crippen molar-refractivity contribution < 1.29 is 14.2 Å². The Bertz CT molecular complexity index is 701. The van der Waals surface area contributed by atoms with Crippen molar-refractivity contribution >= 4 is 17.2 Å². The number of aryl methyl sites for hydroxylation is 2. The van der Waals surface area contributed by atoms with Crippen molar-refractivity contribution in [3.05, 3.63) is 53.1 Å². The average Bonchev–Trinajstić information content (AvgIpc) is 2.52. The highest BCUT2D eigenvalue weighted by atomic mass is 32.1. The van der Waals surface area contributed by atoms with Crippen molar-refractivity contribution in [1.82, 2.24) is 0 Å². The fraction of sp³-hybridized carbons (Fsp3) is 0.278. The molecule has 0 saturated carbocycles. The Labute approximate surface area is 142 Å². The first-order valence-electron chi connectivity index (χ1n) is 7.32. The smallest absolute Gasteiger partial charge is 0.162 e. The van der Waals surface area contributed by atoms with Crippen LogP contribution >= 0.6 is 12.2 Å². The molecule has 0 atom stereocenters. The number of rotatable bonds is 7. The van der Waals surface area contributed by atoms with Crippen LogP contribution in [-0.2, 0) is 0 Å². The first-order chi connectivity index (χ1) is 11.0. The van der Waals surface area contributed by atoms with Crippen molar-refractivity contribution in [1.29, 1.82) is 0 Å². The average molecular weight is 331 g/mol. The van der Waals surface area contributed by atoms with Crippen molar-refractivity contribution in [3.63, 3.8) is 0 Å². The van der Waals surface area contributed by atoms with Crippen molar-refractivity contribution in [2.24, 2.45) is 5.73 Å². The second kappa shape index (κ2) is 7.83. The molecule has 0 aliphatic carbocycles. The topological polar surface area (TPSA) is 53.7 Å². The Balaban J connectivity index is 1.95. The lowest BCUT2D eigenvalue weighted by atomic mass is 10.1. The molecule has 23 heavy (non-hydrogen) atoms. The van der Waals surface area contributed by atoms with Gasteiger partial charge in [-0.3, -0.25) is 0 Å². The summed E-state index contributed by atoms with van der Waals surface area (Å²) >= 11 is 4.98. The van der Waals surface area contributed by atoms with Crippen LogP contribution < -0.4 is 19.9 Å². The van der Waals surface area contributed by atoms with E-state index in [9.17, 15) is 0 Å². The van der Waals surface area contributed by atoms with Gasteiger partial charge in [0, 0.05) is 5.56 Å². The number of hydrogen-bond acceptors (Lipinski definition) is 4. The summed E-state index contributed by atoms with van der Waals surface area (Å²) in [6.07, 6.45) is 0. The molecular formula is C18H21NO3S. The molecule has 0 spiro atoms. The van der Waals surface area contributed by atoms with Crippen LogP contribution in [0.1, 0.15) is 16.7 Å². The molecule has 0 radical (unpaired) electrons. The highest BCUT2D eigenvalue weighted by Gasteiger charge is 2.08. The fourth-order valence-corrected chi connectivity index (χ4v) is 2.33. The lowest BCUT2D eigenvalue weighted by Gasteiger charge is -2.13. The largest absolute Gasteiger partial charge is 0.493 e. The molecule has 2 rings (SSSR count). The van der Waals surface area contributed by atoms with Crippen LogP contribution in [0.2, 0.25) is 0 Å². The van der Waals surface area contributed by atoms with E-state index in [2.05, 4.69) is 13.0 Å². The SMILES string of the molecule is COc1ccc(C(N)=S)cc1OCCOc1ccc(C)cc1C. The number of hydrogen-bond donors (Lipinski definition) is 1. The van der Waals surface area contributed by atoms with Gasteiger partial charge < -0.3 is 19.9 Å². The van der Waals surface area contributed by atoms with E-state index in [0.29, 0.717) is 29.7 Å². The van der Waals surface area contributed by atoms with Gasteiger partial charge in [0.05, 0.1) is 7.11 Å². The van der Waals surface area contributed by atoms with Gasteiger partial charge in [0.15, 0.2) is 11.5 Å². The highest BCUT2D eigenvalue weighted by Crippen LogP contribution is 2.28. The summed E-state index contributed by atoms with van der Waals surface area (Å²) in [6, 6.07) is 11.5. The summed E-state index contributed by atoms with van der Waals surface area (Å²) in [5, 5.41) is 0. The van der Waals surface area contributed by atoms with Crippen molar-refractivity contribution in [2.45, 2.75) is 13.8 Å². The molecule has 0 fully saturated rings. The Kier molecular flexibility index (Phi) is 5.82. The Hall–Kier alpha value is -2.27. The second-order valence-corrected chi connectivity index (χ2v) is 5.64. The molecule has 0 aliphatic rings. The molecule has 0 amide bonds. The number of nitrogens with two attached hydrogens (primary N) is 1. The zero-order valence-corrected chi connectivity index (χ0v) is 14.4. The standard InChI is InChI=1S/C18H21NO3S/c1-12-4-6-15(13(2)10-12)21-8-9-22-17-11-14(18(19)23)5-7-16(17)20-3/h4-7,10-11H,8-9H2,1-3H3,(H2,19,23). The van der Waals surface area contributed by atoms with Crippen molar-refractivity contribution in [3.8, 4) is 17.2 Å². The third kappa shape index (κ3) is 4.60. The van der Waals surface area contributed by atoms with Gasteiger partial charge in [0.25, 0.3) is 0 Å².